The Morgan fingerprint density at radius 1 is 1.38 bits per heavy atom. The second-order valence-electron chi connectivity index (χ2n) is 7.01. The second-order valence-corrected chi connectivity index (χ2v) is 9.29. The van der Waals surface area contributed by atoms with Gasteiger partial charge in [-0.15, -0.1) is 0 Å². The van der Waals surface area contributed by atoms with Crippen molar-refractivity contribution in [2.75, 3.05) is 25.4 Å². The predicted octanol–water partition coefficient (Wildman–Crippen LogP) is 0.196. The first kappa shape index (κ1) is 17.2. The lowest BCUT2D eigenvalue weighted by Crippen LogP contribution is -2.70. The number of carbonyl (C=O) groups excluding carboxylic acids is 1. The average Bonchev–Trinajstić information content (AvgIpc) is 3.16. The number of aromatic nitrogens is 3. The monoisotopic (exact) mass is 380 g/mol. The Balaban J connectivity index is 1.43. The summed E-state index contributed by atoms with van der Waals surface area (Å²) in [7, 11) is -3.34. The zero-order chi connectivity index (χ0) is 18.5. The topological polar surface area (TPSA) is 108 Å². The van der Waals surface area contributed by atoms with E-state index in [1.807, 2.05) is 0 Å². The molecular formula is C16H20N4O5S. The van der Waals surface area contributed by atoms with Crippen LogP contribution in [0.2, 0.25) is 0 Å². The number of carbonyl (C=O) groups is 1. The SMILES string of the molecule is Cc1noc(C)c1C(=O)N1CC2(C1)CS(=O)(=O)[C@@H](Cn1cccn1)CO2. The van der Waals surface area contributed by atoms with Gasteiger partial charge in [-0.25, -0.2) is 8.42 Å². The first-order valence-electron chi connectivity index (χ1n) is 8.35. The molecule has 0 bridgehead atoms. The molecule has 1 amide bonds. The highest BCUT2D eigenvalue weighted by molar-refractivity contribution is 7.92. The van der Waals surface area contributed by atoms with Crippen LogP contribution in [0.4, 0.5) is 0 Å². The number of rotatable bonds is 3. The van der Waals surface area contributed by atoms with Crippen LogP contribution in [-0.4, -0.2) is 70.5 Å². The van der Waals surface area contributed by atoms with Crippen LogP contribution in [0.15, 0.2) is 23.0 Å². The highest BCUT2D eigenvalue weighted by Crippen LogP contribution is 2.34. The van der Waals surface area contributed by atoms with Crippen molar-refractivity contribution in [3.63, 3.8) is 0 Å². The summed E-state index contributed by atoms with van der Waals surface area (Å²) in [6.07, 6.45) is 3.34. The van der Waals surface area contributed by atoms with Gasteiger partial charge in [0, 0.05) is 12.4 Å². The van der Waals surface area contributed by atoms with Gasteiger partial charge in [-0.2, -0.15) is 5.10 Å². The molecule has 2 aromatic rings. The van der Waals surface area contributed by atoms with Crippen LogP contribution in [0.5, 0.6) is 0 Å². The van der Waals surface area contributed by atoms with Crippen LogP contribution < -0.4 is 0 Å². The fraction of sp³-hybridized carbons (Fsp3) is 0.562. The number of sulfone groups is 1. The van der Waals surface area contributed by atoms with Crippen molar-refractivity contribution in [2.45, 2.75) is 31.2 Å². The lowest BCUT2D eigenvalue weighted by Gasteiger charge is -2.52. The summed E-state index contributed by atoms with van der Waals surface area (Å²) in [5, 5.41) is 7.22. The van der Waals surface area contributed by atoms with E-state index in [-0.39, 0.29) is 37.9 Å². The van der Waals surface area contributed by atoms with Gasteiger partial charge < -0.3 is 14.2 Å². The Morgan fingerprint density at radius 3 is 2.73 bits per heavy atom. The van der Waals surface area contributed by atoms with Crippen LogP contribution in [0.3, 0.4) is 0 Å². The zero-order valence-electron chi connectivity index (χ0n) is 14.6. The molecule has 0 aromatic carbocycles. The molecule has 4 heterocycles. The summed E-state index contributed by atoms with van der Waals surface area (Å²) in [6, 6.07) is 1.75. The number of nitrogens with zero attached hydrogens (tertiary/aromatic N) is 4. The van der Waals surface area contributed by atoms with Crippen molar-refractivity contribution in [2.24, 2.45) is 0 Å². The average molecular weight is 380 g/mol. The maximum atomic E-state index is 12.7. The summed E-state index contributed by atoms with van der Waals surface area (Å²) in [6.45, 7) is 4.28. The Hall–Kier alpha value is -2.20. The first-order valence-corrected chi connectivity index (χ1v) is 10.1. The van der Waals surface area contributed by atoms with Crippen LogP contribution in [0.1, 0.15) is 21.8 Å². The van der Waals surface area contributed by atoms with Gasteiger partial charge in [-0.3, -0.25) is 9.48 Å². The maximum absolute atomic E-state index is 12.7. The summed E-state index contributed by atoms with van der Waals surface area (Å²) >= 11 is 0. The summed E-state index contributed by atoms with van der Waals surface area (Å²) < 4.78 is 37.9. The lowest BCUT2D eigenvalue weighted by atomic mass is 9.94. The number of aryl methyl sites for hydroxylation is 2. The van der Waals surface area contributed by atoms with Crippen LogP contribution >= 0.6 is 0 Å². The second kappa shape index (κ2) is 5.92. The largest absolute Gasteiger partial charge is 0.369 e. The van der Waals surface area contributed by atoms with Gasteiger partial charge in [-0.1, -0.05) is 5.16 Å². The molecule has 2 aliphatic heterocycles. The molecule has 0 N–H and O–H groups in total. The molecule has 140 valence electrons. The number of ether oxygens (including phenoxy) is 1. The summed E-state index contributed by atoms with van der Waals surface area (Å²) in [4.78, 5) is 14.2. The fourth-order valence-electron chi connectivity index (χ4n) is 3.60. The van der Waals surface area contributed by atoms with Crippen LogP contribution in [0, 0.1) is 13.8 Å². The van der Waals surface area contributed by atoms with Crippen molar-refractivity contribution in [1.29, 1.82) is 0 Å². The molecule has 0 radical (unpaired) electrons. The molecule has 0 unspecified atom stereocenters. The Bertz CT molecular complexity index is 909. The summed E-state index contributed by atoms with van der Waals surface area (Å²) in [5.74, 6) is 0.175. The molecule has 2 saturated heterocycles. The molecule has 0 aliphatic carbocycles. The van der Waals surface area contributed by atoms with Crippen molar-refractivity contribution in [3.05, 3.63) is 35.5 Å². The standard InChI is InChI=1S/C16H20N4O5S/c1-11-14(12(2)25-18-11)15(21)19-8-16(9-19)10-26(22,23)13(7-24-16)6-20-5-3-4-17-20/h3-5,13H,6-10H2,1-2H3/t13-/m0/s1. The maximum Gasteiger partial charge on any atom is 0.259 e. The van der Waals surface area contributed by atoms with Crippen molar-refractivity contribution >= 4 is 15.7 Å². The highest BCUT2D eigenvalue weighted by Gasteiger charge is 2.54. The minimum Gasteiger partial charge on any atom is -0.369 e. The fourth-order valence-corrected chi connectivity index (χ4v) is 5.50. The number of hydrogen-bond acceptors (Lipinski definition) is 7. The number of likely N-dealkylation sites (tertiary alicyclic amines) is 1. The molecule has 2 aromatic heterocycles. The van der Waals surface area contributed by atoms with Gasteiger partial charge in [0.25, 0.3) is 5.91 Å². The zero-order valence-corrected chi connectivity index (χ0v) is 15.4. The van der Waals surface area contributed by atoms with Crippen molar-refractivity contribution < 1.29 is 22.5 Å². The minimum absolute atomic E-state index is 0.0860. The Labute approximate surface area is 150 Å². The minimum atomic E-state index is -3.34. The molecule has 1 atom stereocenters. The highest BCUT2D eigenvalue weighted by atomic mass is 32.2. The van der Waals surface area contributed by atoms with Crippen LogP contribution in [-0.2, 0) is 21.1 Å². The molecule has 2 fully saturated rings. The first-order chi connectivity index (χ1) is 12.3. The molecule has 2 aliphatic rings. The van der Waals surface area contributed by atoms with Gasteiger partial charge >= 0.3 is 0 Å². The third-order valence-corrected chi connectivity index (χ3v) is 7.22. The van der Waals surface area contributed by atoms with E-state index in [1.165, 1.54) is 0 Å². The molecule has 9 nitrogen and oxygen atoms in total. The predicted molar refractivity (Wildman–Crippen MR) is 90.4 cm³/mol. The number of amides is 1. The number of hydrogen-bond donors (Lipinski definition) is 0. The van der Waals surface area contributed by atoms with Crippen LogP contribution in [0.25, 0.3) is 0 Å². The van der Waals surface area contributed by atoms with Crippen molar-refractivity contribution in [3.8, 4) is 0 Å². The third-order valence-electron chi connectivity index (χ3n) is 4.99. The van der Waals surface area contributed by atoms with E-state index < -0.39 is 20.7 Å². The van der Waals surface area contributed by atoms with E-state index in [0.717, 1.165) is 0 Å². The van der Waals surface area contributed by atoms with Gasteiger partial charge in [0.15, 0.2) is 9.84 Å². The van der Waals surface area contributed by atoms with E-state index in [2.05, 4.69) is 10.3 Å². The van der Waals surface area contributed by atoms with Gasteiger partial charge in [-0.05, 0) is 19.9 Å². The van der Waals surface area contributed by atoms with E-state index in [9.17, 15) is 13.2 Å². The smallest absolute Gasteiger partial charge is 0.259 e. The third kappa shape index (κ3) is 2.82. The molecule has 10 heteroatoms. The normalized spacial score (nSPS) is 23.8. The van der Waals surface area contributed by atoms with E-state index in [1.54, 1.807) is 41.9 Å². The Morgan fingerprint density at radius 2 is 2.15 bits per heavy atom. The van der Waals surface area contributed by atoms with E-state index in [4.69, 9.17) is 9.26 Å². The van der Waals surface area contributed by atoms with Crippen molar-refractivity contribution in [1.82, 2.24) is 19.8 Å². The van der Waals surface area contributed by atoms with Gasteiger partial charge in [0.05, 0.1) is 37.7 Å². The Kier molecular flexibility index (Phi) is 3.92. The molecule has 0 saturated carbocycles. The molecule has 4 rings (SSSR count). The quantitative estimate of drug-likeness (QED) is 0.748. The molecule has 26 heavy (non-hydrogen) atoms. The van der Waals surface area contributed by atoms with Gasteiger partial charge in [0.2, 0.25) is 0 Å². The van der Waals surface area contributed by atoms with E-state index in [0.29, 0.717) is 17.0 Å². The molecular weight excluding hydrogens is 360 g/mol. The molecule has 1 spiro atoms. The van der Waals surface area contributed by atoms with E-state index >= 15 is 0 Å². The summed E-state index contributed by atoms with van der Waals surface area (Å²) in [5.41, 5.74) is 0.161. The van der Waals surface area contributed by atoms with Gasteiger partial charge in [0.1, 0.15) is 22.2 Å². The lowest BCUT2D eigenvalue weighted by molar-refractivity contribution is -0.121.